The van der Waals surface area contributed by atoms with E-state index in [9.17, 15) is 0 Å². The molecule has 1 aliphatic rings. The van der Waals surface area contributed by atoms with Gasteiger partial charge in [0.15, 0.2) is 5.82 Å². The largest absolute Gasteiger partial charge is 0.354 e. The van der Waals surface area contributed by atoms with Crippen LogP contribution in [0.4, 0.5) is 11.6 Å². The van der Waals surface area contributed by atoms with Gasteiger partial charge in [0, 0.05) is 19.6 Å². The quantitative estimate of drug-likeness (QED) is 0.538. The van der Waals surface area contributed by atoms with Crippen LogP contribution in [0.1, 0.15) is 6.42 Å². The average molecular weight is 222 g/mol. The summed E-state index contributed by atoms with van der Waals surface area (Å²) in [5.74, 6) is 6.82. The molecule has 0 amide bonds. The van der Waals surface area contributed by atoms with Crippen LogP contribution in [-0.4, -0.2) is 48.1 Å². The number of nitrogens with zero attached hydrogens (tertiary/aromatic N) is 4. The summed E-state index contributed by atoms with van der Waals surface area (Å²) < 4.78 is 0. The van der Waals surface area contributed by atoms with E-state index in [0.29, 0.717) is 5.82 Å². The standard InChI is InChI=1S/C10H18N6/c1-15-3-2-4-16(6-5-15)10-8-12-7-9(13-10)14-11/h7-8H,2-6,11H2,1H3,(H,13,14). The van der Waals surface area contributed by atoms with Crippen molar-refractivity contribution in [1.82, 2.24) is 14.9 Å². The van der Waals surface area contributed by atoms with Gasteiger partial charge in [0.05, 0.1) is 12.4 Å². The van der Waals surface area contributed by atoms with Crippen LogP contribution in [0.15, 0.2) is 12.4 Å². The van der Waals surface area contributed by atoms with Gasteiger partial charge in [0.1, 0.15) is 5.82 Å². The Balaban J connectivity index is 2.10. The average Bonchev–Trinajstić information content (AvgIpc) is 2.54. The van der Waals surface area contributed by atoms with Crippen LogP contribution < -0.4 is 16.2 Å². The number of nitrogen functional groups attached to an aromatic ring is 1. The molecule has 3 N–H and O–H groups in total. The molecule has 0 unspecified atom stereocenters. The highest BCUT2D eigenvalue weighted by atomic mass is 15.3. The number of anilines is 2. The summed E-state index contributed by atoms with van der Waals surface area (Å²) in [7, 11) is 2.15. The van der Waals surface area contributed by atoms with Crippen molar-refractivity contribution in [2.75, 3.05) is 43.6 Å². The van der Waals surface area contributed by atoms with Crippen molar-refractivity contribution in [3.63, 3.8) is 0 Å². The minimum Gasteiger partial charge on any atom is -0.354 e. The smallest absolute Gasteiger partial charge is 0.160 e. The highest BCUT2D eigenvalue weighted by Gasteiger charge is 2.13. The molecule has 2 heterocycles. The van der Waals surface area contributed by atoms with Crippen molar-refractivity contribution in [2.24, 2.45) is 5.84 Å². The van der Waals surface area contributed by atoms with E-state index in [1.54, 1.807) is 12.4 Å². The second-order valence-electron chi connectivity index (χ2n) is 4.05. The number of nitrogens with one attached hydrogen (secondary N) is 1. The normalized spacial score (nSPS) is 18.2. The van der Waals surface area contributed by atoms with Crippen LogP contribution in [-0.2, 0) is 0 Å². The molecule has 16 heavy (non-hydrogen) atoms. The van der Waals surface area contributed by atoms with E-state index in [4.69, 9.17) is 5.84 Å². The molecule has 1 saturated heterocycles. The second-order valence-corrected chi connectivity index (χ2v) is 4.05. The molecule has 0 saturated carbocycles. The number of hydrogen-bond donors (Lipinski definition) is 2. The highest BCUT2D eigenvalue weighted by molar-refractivity contribution is 5.43. The van der Waals surface area contributed by atoms with Crippen molar-refractivity contribution >= 4 is 11.6 Å². The Morgan fingerprint density at radius 2 is 2.12 bits per heavy atom. The topological polar surface area (TPSA) is 70.3 Å². The Kier molecular flexibility index (Phi) is 3.53. The van der Waals surface area contributed by atoms with Crippen LogP contribution in [0, 0.1) is 0 Å². The number of hydrogen-bond acceptors (Lipinski definition) is 6. The molecule has 0 bridgehead atoms. The van der Waals surface area contributed by atoms with Crippen molar-refractivity contribution in [3.8, 4) is 0 Å². The van der Waals surface area contributed by atoms with E-state index >= 15 is 0 Å². The van der Waals surface area contributed by atoms with Gasteiger partial charge in [-0.05, 0) is 20.0 Å². The second kappa shape index (κ2) is 5.09. The van der Waals surface area contributed by atoms with Gasteiger partial charge in [-0.15, -0.1) is 0 Å². The molecular formula is C10H18N6. The van der Waals surface area contributed by atoms with Crippen molar-refractivity contribution < 1.29 is 0 Å². The number of hydrazine groups is 1. The third kappa shape index (κ3) is 2.59. The molecule has 6 heteroatoms. The monoisotopic (exact) mass is 222 g/mol. The maximum atomic E-state index is 5.32. The molecule has 1 fully saturated rings. The Morgan fingerprint density at radius 3 is 2.94 bits per heavy atom. The molecular weight excluding hydrogens is 204 g/mol. The fourth-order valence-corrected chi connectivity index (χ4v) is 1.85. The van der Waals surface area contributed by atoms with Gasteiger partial charge in [0.2, 0.25) is 0 Å². The first kappa shape index (κ1) is 11.1. The number of likely N-dealkylation sites (N-methyl/N-ethyl adjacent to an activating group) is 1. The van der Waals surface area contributed by atoms with E-state index in [1.165, 1.54) is 0 Å². The molecule has 1 aliphatic heterocycles. The Bertz CT molecular complexity index is 342. The third-order valence-corrected chi connectivity index (χ3v) is 2.81. The Labute approximate surface area is 95.4 Å². The highest BCUT2D eigenvalue weighted by Crippen LogP contribution is 2.13. The maximum Gasteiger partial charge on any atom is 0.160 e. The van der Waals surface area contributed by atoms with Crippen LogP contribution in [0.25, 0.3) is 0 Å². The van der Waals surface area contributed by atoms with E-state index in [0.717, 1.165) is 38.4 Å². The molecule has 0 radical (unpaired) electrons. The zero-order valence-electron chi connectivity index (χ0n) is 9.56. The predicted octanol–water partition coefficient (Wildman–Crippen LogP) is -0.0959. The van der Waals surface area contributed by atoms with E-state index < -0.39 is 0 Å². The van der Waals surface area contributed by atoms with Gasteiger partial charge in [-0.2, -0.15) is 0 Å². The molecule has 0 spiro atoms. The summed E-state index contributed by atoms with van der Waals surface area (Å²) in [5, 5.41) is 0. The van der Waals surface area contributed by atoms with Gasteiger partial charge in [-0.1, -0.05) is 0 Å². The van der Waals surface area contributed by atoms with Gasteiger partial charge in [0.25, 0.3) is 0 Å². The Morgan fingerprint density at radius 1 is 1.25 bits per heavy atom. The van der Waals surface area contributed by atoms with Crippen molar-refractivity contribution in [3.05, 3.63) is 12.4 Å². The fraction of sp³-hybridized carbons (Fsp3) is 0.600. The minimum absolute atomic E-state index is 0.607. The Hall–Kier alpha value is -1.40. The predicted molar refractivity (Wildman–Crippen MR) is 64.2 cm³/mol. The van der Waals surface area contributed by atoms with Crippen LogP contribution >= 0.6 is 0 Å². The van der Waals surface area contributed by atoms with Crippen LogP contribution in [0.2, 0.25) is 0 Å². The maximum absolute atomic E-state index is 5.32. The van der Waals surface area contributed by atoms with E-state index in [-0.39, 0.29) is 0 Å². The lowest BCUT2D eigenvalue weighted by Gasteiger charge is -2.21. The first-order chi connectivity index (χ1) is 7.79. The first-order valence-electron chi connectivity index (χ1n) is 5.52. The summed E-state index contributed by atoms with van der Waals surface area (Å²) >= 11 is 0. The number of nitrogens with two attached hydrogens (primary N) is 1. The van der Waals surface area contributed by atoms with Crippen molar-refractivity contribution in [2.45, 2.75) is 6.42 Å². The lowest BCUT2D eigenvalue weighted by Crippen LogP contribution is -2.29. The van der Waals surface area contributed by atoms with Gasteiger partial charge >= 0.3 is 0 Å². The molecule has 0 aliphatic carbocycles. The summed E-state index contributed by atoms with van der Waals surface area (Å²) in [5.41, 5.74) is 2.52. The summed E-state index contributed by atoms with van der Waals surface area (Å²) in [6.07, 6.45) is 4.55. The van der Waals surface area contributed by atoms with Crippen LogP contribution in [0.3, 0.4) is 0 Å². The van der Waals surface area contributed by atoms with Gasteiger partial charge in [-0.3, -0.25) is 4.98 Å². The first-order valence-corrected chi connectivity index (χ1v) is 5.52. The number of aromatic nitrogens is 2. The molecule has 88 valence electrons. The van der Waals surface area contributed by atoms with Gasteiger partial charge in [-0.25, -0.2) is 10.8 Å². The molecule has 2 rings (SSSR count). The third-order valence-electron chi connectivity index (χ3n) is 2.81. The van der Waals surface area contributed by atoms with Crippen LogP contribution in [0.5, 0.6) is 0 Å². The summed E-state index contributed by atoms with van der Waals surface area (Å²) in [6.45, 7) is 4.20. The molecule has 0 atom stereocenters. The summed E-state index contributed by atoms with van der Waals surface area (Å²) in [6, 6.07) is 0. The lowest BCUT2D eigenvalue weighted by atomic mass is 10.4. The zero-order valence-corrected chi connectivity index (χ0v) is 9.56. The van der Waals surface area contributed by atoms with E-state index in [2.05, 4.69) is 32.2 Å². The molecule has 6 nitrogen and oxygen atoms in total. The zero-order chi connectivity index (χ0) is 11.4. The summed E-state index contributed by atoms with van der Waals surface area (Å²) in [4.78, 5) is 13.1. The lowest BCUT2D eigenvalue weighted by molar-refractivity contribution is 0.360. The van der Waals surface area contributed by atoms with Crippen molar-refractivity contribution in [1.29, 1.82) is 0 Å². The van der Waals surface area contributed by atoms with E-state index in [1.807, 2.05) is 0 Å². The molecule has 1 aromatic rings. The van der Waals surface area contributed by atoms with Gasteiger partial charge < -0.3 is 15.2 Å². The number of rotatable bonds is 2. The fourth-order valence-electron chi connectivity index (χ4n) is 1.85. The molecule has 0 aromatic carbocycles. The minimum atomic E-state index is 0.607. The molecule has 1 aromatic heterocycles. The SMILES string of the molecule is CN1CCCN(c2cncc(NN)n2)CC1.